The smallest absolute Gasteiger partial charge is 0.141 e. The lowest BCUT2D eigenvalue weighted by Gasteiger charge is -2.24. The fourth-order valence-corrected chi connectivity index (χ4v) is 2.30. The fraction of sp³-hybridized carbons (Fsp3) is 0.353. The summed E-state index contributed by atoms with van der Waals surface area (Å²) in [6.45, 7) is 5.74. The molecule has 1 aromatic carbocycles. The van der Waals surface area contributed by atoms with Crippen LogP contribution in [0.15, 0.2) is 42.6 Å². The van der Waals surface area contributed by atoms with Crippen molar-refractivity contribution in [2.24, 2.45) is 0 Å². The molecular formula is C17H21FN2O. The van der Waals surface area contributed by atoms with Gasteiger partial charge in [-0.2, -0.15) is 0 Å². The second-order valence-electron chi connectivity index (χ2n) is 5.12. The highest BCUT2D eigenvalue weighted by Crippen LogP contribution is 2.19. The van der Waals surface area contributed by atoms with Crippen LogP contribution in [-0.2, 0) is 0 Å². The molecule has 1 atom stereocenters. The molecule has 0 aliphatic rings. The SMILES string of the molecule is CCN(CCC(O)c1ccc(F)cn1)c1cccc(C)c1. The molecule has 0 saturated carbocycles. The molecule has 112 valence electrons. The van der Waals surface area contributed by atoms with Crippen molar-refractivity contribution in [1.29, 1.82) is 0 Å². The number of aliphatic hydroxyl groups excluding tert-OH is 1. The number of nitrogens with zero attached hydrogens (tertiary/aromatic N) is 2. The van der Waals surface area contributed by atoms with Crippen molar-refractivity contribution < 1.29 is 9.50 Å². The van der Waals surface area contributed by atoms with Gasteiger partial charge >= 0.3 is 0 Å². The molecule has 0 aliphatic carbocycles. The molecule has 0 spiro atoms. The van der Waals surface area contributed by atoms with Gasteiger partial charge in [-0.25, -0.2) is 4.39 Å². The summed E-state index contributed by atoms with van der Waals surface area (Å²) < 4.78 is 12.8. The number of benzene rings is 1. The third kappa shape index (κ3) is 4.26. The van der Waals surface area contributed by atoms with Crippen molar-refractivity contribution in [3.8, 4) is 0 Å². The molecule has 1 N–H and O–H groups in total. The van der Waals surface area contributed by atoms with Crippen LogP contribution in [0.25, 0.3) is 0 Å². The monoisotopic (exact) mass is 288 g/mol. The average Bonchev–Trinajstić information content (AvgIpc) is 2.48. The lowest BCUT2D eigenvalue weighted by atomic mass is 10.1. The van der Waals surface area contributed by atoms with Crippen LogP contribution in [-0.4, -0.2) is 23.2 Å². The highest BCUT2D eigenvalue weighted by Gasteiger charge is 2.12. The normalized spacial score (nSPS) is 12.2. The molecule has 1 heterocycles. The summed E-state index contributed by atoms with van der Waals surface area (Å²) in [4.78, 5) is 6.13. The van der Waals surface area contributed by atoms with Gasteiger partial charge in [-0.15, -0.1) is 0 Å². The molecular weight excluding hydrogens is 267 g/mol. The Hall–Kier alpha value is -1.94. The van der Waals surface area contributed by atoms with Gasteiger partial charge in [0.2, 0.25) is 0 Å². The highest BCUT2D eigenvalue weighted by molar-refractivity contribution is 5.48. The van der Waals surface area contributed by atoms with E-state index in [1.54, 1.807) is 0 Å². The van der Waals surface area contributed by atoms with E-state index in [1.807, 2.05) is 6.07 Å². The van der Waals surface area contributed by atoms with Crippen LogP contribution in [0.1, 0.15) is 30.7 Å². The minimum atomic E-state index is -0.676. The van der Waals surface area contributed by atoms with Crippen LogP contribution in [0.2, 0.25) is 0 Å². The van der Waals surface area contributed by atoms with E-state index in [0.29, 0.717) is 12.1 Å². The van der Waals surface area contributed by atoms with E-state index in [4.69, 9.17) is 0 Å². The van der Waals surface area contributed by atoms with Crippen molar-refractivity contribution in [2.75, 3.05) is 18.0 Å². The summed E-state index contributed by atoms with van der Waals surface area (Å²) in [5.41, 5.74) is 2.88. The maximum absolute atomic E-state index is 12.8. The number of aryl methyl sites for hydroxylation is 1. The number of hydrogen-bond donors (Lipinski definition) is 1. The largest absolute Gasteiger partial charge is 0.387 e. The van der Waals surface area contributed by atoms with Gasteiger partial charge in [0.15, 0.2) is 0 Å². The Morgan fingerprint density at radius 2 is 2.10 bits per heavy atom. The van der Waals surface area contributed by atoms with Gasteiger partial charge in [0, 0.05) is 18.8 Å². The summed E-state index contributed by atoms with van der Waals surface area (Å²) in [6.07, 6.45) is 1.02. The van der Waals surface area contributed by atoms with Crippen molar-refractivity contribution in [3.05, 3.63) is 59.7 Å². The predicted molar refractivity (Wildman–Crippen MR) is 82.8 cm³/mol. The first kappa shape index (κ1) is 15.4. The highest BCUT2D eigenvalue weighted by atomic mass is 19.1. The summed E-state index contributed by atoms with van der Waals surface area (Å²) in [6, 6.07) is 11.2. The van der Waals surface area contributed by atoms with Crippen LogP contribution in [0.5, 0.6) is 0 Å². The number of aromatic nitrogens is 1. The second kappa shape index (κ2) is 7.18. The molecule has 1 aromatic heterocycles. The number of halogens is 1. The van der Waals surface area contributed by atoms with E-state index in [9.17, 15) is 9.50 Å². The van der Waals surface area contributed by atoms with Gasteiger partial charge in [-0.1, -0.05) is 12.1 Å². The van der Waals surface area contributed by atoms with Crippen LogP contribution in [0.3, 0.4) is 0 Å². The quantitative estimate of drug-likeness (QED) is 0.884. The van der Waals surface area contributed by atoms with Gasteiger partial charge < -0.3 is 10.0 Å². The Morgan fingerprint density at radius 1 is 1.29 bits per heavy atom. The molecule has 0 fully saturated rings. The first-order chi connectivity index (χ1) is 10.1. The maximum atomic E-state index is 12.8. The third-order valence-electron chi connectivity index (χ3n) is 3.51. The van der Waals surface area contributed by atoms with Crippen LogP contribution < -0.4 is 4.90 Å². The van der Waals surface area contributed by atoms with E-state index in [2.05, 4.69) is 41.9 Å². The molecule has 2 aromatic rings. The van der Waals surface area contributed by atoms with Gasteiger partial charge in [0.1, 0.15) is 5.82 Å². The number of hydrogen-bond acceptors (Lipinski definition) is 3. The summed E-state index contributed by atoms with van der Waals surface area (Å²) >= 11 is 0. The molecule has 0 bridgehead atoms. The summed E-state index contributed by atoms with van der Waals surface area (Å²) in [7, 11) is 0. The van der Waals surface area contributed by atoms with Crippen molar-refractivity contribution in [1.82, 2.24) is 4.98 Å². The van der Waals surface area contributed by atoms with Crippen LogP contribution in [0, 0.1) is 12.7 Å². The Labute approximate surface area is 125 Å². The number of aliphatic hydroxyl groups is 1. The number of pyridine rings is 1. The van der Waals surface area contributed by atoms with Gasteiger partial charge in [0.05, 0.1) is 18.0 Å². The zero-order valence-corrected chi connectivity index (χ0v) is 12.5. The topological polar surface area (TPSA) is 36.4 Å². The van der Waals surface area contributed by atoms with E-state index >= 15 is 0 Å². The number of anilines is 1. The Morgan fingerprint density at radius 3 is 2.71 bits per heavy atom. The third-order valence-corrected chi connectivity index (χ3v) is 3.51. The van der Waals surface area contributed by atoms with E-state index in [1.165, 1.54) is 17.7 Å². The molecule has 3 nitrogen and oxygen atoms in total. The van der Waals surface area contributed by atoms with Gasteiger partial charge in [-0.05, 0) is 50.1 Å². The maximum Gasteiger partial charge on any atom is 0.141 e. The van der Waals surface area contributed by atoms with Crippen molar-refractivity contribution >= 4 is 5.69 Å². The summed E-state index contributed by atoms with van der Waals surface area (Å²) in [5.74, 6) is -0.388. The second-order valence-corrected chi connectivity index (χ2v) is 5.12. The molecule has 2 rings (SSSR count). The van der Waals surface area contributed by atoms with E-state index < -0.39 is 6.10 Å². The van der Waals surface area contributed by atoms with Crippen molar-refractivity contribution in [3.63, 3.8) is 0 Å². The van der Waals surface area contributed by atoms with Gasteiger partial charge in [0.25, 0.3) is 0 Å². The molecule has 4 heteroatoms. The van der Waals surface area contributed by atoms with Crippen LogP contribution >= 0.6 is 0 Å². The fourth-order valence-electron chi connectivity index (χ4n) is 2.30. The van der Waals surface area contributed by atoms with E-state index in [0.717, 1.165) is 25.0 Å². The molecule has 1 unspecified atom stereocenters. The Kier molecular flexibility index (Phi) is 5.28. The zero-order chi connectivity index (χ0) is 15.2. The predicted octanol–water partition coefficient (Wildman–Crippen LogP) is 3.48. The molecule has 0 amide bonds. The Balaban J connectivity index is 1.98. The minimum Gasteiger partial charge on any atom is -0.387 e. The first-order valence-corrected chi connectivity index (χ1v) is 7.21. The molecule has 0 saturated heterocycles. The lowest BCUT2D eigenvalue weighted by molar-refractivity contribution is 0.164. The minimum absolute atomic E-state index is 0.388. The zero-order valence-electron chi connectivity index (χ0n) is 12.5. The first-order valence-electron chi connectivity index (χ1n) is 7.21. The van der Waals surface area contributed by atoms with Crippen LogP contribution in [0.4, 0.5) is 10.1 Å². The van der Waals surface area contributed by atoms with Gasteiger partial charge in [-0.3, -0.25) is 4.98 Å². The summed E-state index contributed by atoms with van der Waals surface area (Å²) in [5, 5.41) is 10.1. The standard InChI is InChI=1S/C17H21FN2O/c1-3-20(15-6-4-5-13(2)11-15)10-9-17(21)16-8-7-14(18)12-19-16/h4-8,11-12,17,21H,3,9-10H2,1-2H3. The van der Waals surface area contributed by atoms with E-state index in [-0.39, 0.29) is 5.82 Å². The Bertz CT molecular complexity index is 571. The van der Waals surface area contributed by atoms with Crippen molar-refractivity contribution in [2.45, 2.75) is 26.4 Å². The molecule has 0 radical (unpaired) electrons. The molecule has 0 aliphatic heterocycles. The lowest BCUT2D eigenvalue weighted by Crippen LogP contribution is -2.25. The molecule has 21 heavy (non-hydrogen) atoms. The average molecular weight is 288 g/mol. The number of rotatable bonds is 6.